The molecule has 0 bridgehead atoms. The average molecular weight is 356 g/mol. The molecule has 4 N–H and O–H groups in total. The van der Waals surface area contributed by atoms with Gasteiger partial charge in [-0.25, -0.2) is 22.0 Å². The summed E-state index contributed by atoms with van der Waals surface area (Å²) in [4.78, 5) is -0.307. The second-order valence-electron chi connectivity index (χ2n) is 4.79. The molecule has 0 aromatic heterocycles. The Balaban J connectivity index is 0.00000220. The molecule has 0 spiro atoms. The molecule has 1 saturated heterocycles. The van der Waals surface area contributed by atoms with Crippen LogP contribution in [0, 0.1) is 0 Å². The first-order valence-electron chi connectivity index (χ1n) is 6.10. The lowest BCUT2D eigenvalue weighted by Crippen LogP contribution is -2.45. The quantitative estimate of drug-likeness (QED) is 0.781. The molecule has 21 heavy (non-hydrogen) atoms. The molecule has 120 valence electrons. The van der Waals surface area contributed by atoms with Crippen molar-refractivity contribution >= 4 is 32.5 Å². The maximum Gasteiger partial charge on any atom is 0.243 e. The lowest BCUT2D eigenvalue weighted by molar-refractivity contribution is 0.316. The number of primary sulfonamides is 1. The van der Waals surface area contributed by atoms with Crippen LogP contribution < -0.4 is 10.9 Å². The van der Waals surface area contributed by atoms with E-state index in [1.165, 1.54) is 22.5 Å². The first kappa shape index (κ1) is 18.3. The Labute approximate surface area is 130 Å². The summed E-state index contributed by atoms with van der Waals surface area (Å²) in [6.07, 6.45) is 1.47. The molecule has 1 aromatic carbocycles. The summed E-state index contributed by atoms with van der Waals surface area (Å²) in [6.45, 7) is 0.623. The Morgan fingerprint density at radius 2 is 1.76 bits per heavy atom. The molecule has 1 atom stereocenters. The van der Waals surface area contributed by atoms with Crippen LogP contribution in [0.2, 0.25) is 0 Å². The van der Waals surface area contributed by atoms with Crippen LogP contribution in [0.4, 0.5) is 0 Å². The highest BCUT2D eigenvalue weighted by Gasteiger charge is 2.29. The number of halogens is 1. The molecule has 2 rings (SSSR count). The second kappa shape index (κ2) is 6.59. The summed E-state index contributed by atoms with van der Waals surface area (Å²) in [7, 11) is -7.68. The number of hydrogen-bond donors (Lipinski definition) is 2. The third kappa shape index (κ3) is 4.15. The Bertz CT molecular complexity index is 706. The number of sulfonamides is 2. The van der Waals surface area contributed by atoms with Gasteiger partial charge in [-0.3, -0.25) is 0 Å². The molecule has 1 aliphatic rings. The van der Waals surface area contributed by atoms with Crippen molar-refractivity contribution in [2.45, 2.75) is 28.7 Å². The highest BCUT2D eigenvalue weighted by molar-refractivity contribution is 7.90. The zero-order valence-electron chi connectivity index (χ0n) is 11.2. The van der Waals surface area contributed by atoms with E-state index < -0.39 is 20.0 Å². The van der Waals surface area contributed by atoms with Crippen LogP contribution in [0.25, 0.3) is 0 Å². The SMILES string of the molecule is Cl.NC1CCCN(S(=O)(=O)c2cccc(S(N)(=O)=O)c2)C1. The van der Waals surface area contributed by atoms with Gasteiger partial charge in [0.2, 0.25) is 20.0 Å². The Kier molecular flexibility index (Phi) is 5.76. The minimum Gasteiger partial charge on any atom is -0.327 e. The van der Waals surface area contributed by atoms with Gasteiger partial charge in [-0.15, -0.1) is 12.4 Å². The predicted octanol–water partition coefficient (Wildman–Crippen LogP) is -0.132. The minimum atomic E-state index is -3.93. The van der Waals surface area contributed by atoms with Gasteiger partial charge >= 0.3 is 0 Å². The van der Waals surface area contributed by atoms with Gasteiger partial charge in [0.15, 0.2) is 0 Å². The van der Waals surface area contributed by atoms with Gasteiger partial charge < -0.3 is 5.73 Å². The van der Waals surface area contributed by atoms with E-state index in [4.69, 9.17) is 10.9 Å². The molecular formula is C11H18ClN3O4S2. The van der Waals surface area contributed by atoms with Gasteiger partial charge in [-0.05, 0) is 31.0 Å². The van der Waals surface area contributed by atoms with Crippen molar-refractivity contribution in [3.63, 3.8) is 0 Å². The van der Waals surface area contributed by atoms with Crippen LogP contribution in [0.1, 0.15) is 12.8 Å². The molecule has 10 heteroatoms. The normalized spacial score (nSPS) is 20.8. The van der Waals surface area contributed by atoms with Crippen molar-refractivity contribution in [2.75, 3.05) is 13.1 Å². The van der Waals surface area contributed by atoms with E-state index >= 15 is 0 Å². The Morgan fingerprint density at radius 1 is 1.14 bits per heavy atom. The predicted molar refractivity (Wildman–Crippen MR) is 81.0 cm³/mol. The first-order valence-corrected chi connectivity index (χ1v) is 9.08. The molecule has 1 aromatic rings. The van der Waals surface area contributed by atoms with Crippen LogP contribution in [0.15, 0.2) is 34.1 Å². The highest BCUT2D eigenvalue weighted by Crippen LogP contribution is 2.22. The van der Waals surface area contributed by atoms with E-state index in [1.54, 1.807) is 0 Å². The minimum absolute atomic E-state index is 0. The monoisotopic (exact) mass is 355 g/mol. The van der Waals surface area contributed by atoms with Crippen molar-refractivity contribution in [1.29, 1.82) is 0 Å². The van der Waals surface area contributed by atoms with Crippen LogP contribution in [0.3, 0.4) is 0 Å². The van der Waals surface area contributed by atoms with Gasteiger partial charge in [0.05, 0.1) is 9.79 Å². The number of piperidine rings is 1. The molecule has 0 amide bonds. The van der Waals surface area contributed by atoms with Crippen LogP contribution in [-0.4, -0.2) is 40.3 Å². The lowest BCUT2D eigenvalue weighted by atomic mass is 10.1. The van der Waals surface area contributed by atoms with Gasteiger partial charge in [0.1, 0.15) is 0 Å². The molecule has 0 saturated carbocycles. The van der Waals surface area contributed by atoms with Gasteiger partial charge in [-0.1, -0.05) is 6.07 Å². The van der Waals surface area contributed by atoms with Crippen molar-refractivity contribution in [2.24, 2.45) is 10.9 Å². The molecule has 1 unspecified atom stereocenters. The maximum atomic E-state index is 12.4. The molecule has 1 fully saturated rings. The maximum absolute atomic E-state index is 12.4. The van der Waals surface area contributed by atoms with Crippen LogP contribution in [-0.2, 0) is 20.0 Å². The van der Waals surface area contributed by atoms with Crippen molar-refractivity contribution < 1.29 is 16.8 Å². The average Bonchev–Trinajstić information content (AvgIpc) is 2.38. The van der Waals surface area contributed by atoms with E-state index in [1.807, 2.05) is 0 Å². The summed E-state index contributed by atoms with van der Waals surface area (Å²) in [5.41, 5.74) is 5.78. The topological polar surface area (TPSA) is 124 Å². The second-order valence-corrected chi connectivity index (χ2v) is 8.28. The summed E-state index contributed by atoms with van der Waals surface area (Å²) < 4.78 is 48.8. The van der Waals surface area contributed by atoms with Gasteiger partial charge in [0.25, 0.3) is 0 Å². The Morgan fingerprint density at radius 3 is 2.33 bits per heavy atom. The number of nitrogens with two attached hydrogens (primary N) is 2. The molecule has 0 radical (unpaired) electrons. The fourth-order valence-corrected chi connectivity index (χ4v) is 4.37. The summed E-state index contributed by atoms with van der Waals surface area (Å²) in [5.74, 6) is 0. The van der Waals surface area contributed by atoms with E-state index in [0.29, 0.717) is 13.0 Å². The van der Waals surface area contributed by atoms with E-state index in [9.17, 15) is 16.8 Å². The molecule has 7 nitrogen and oxygen atoms in total. The molecule has 1 aliphatic heterocycles. The molecular weight excluding hydrogens is 338 g/mol. The number of benzene rings is 1. The van der Waals surface area contributed by atoms with Crippen LogP contribution >= 0.6 is 12.4 Å². The van der Waals surface area contributed by atoms with E-state index in [2.05, 4.69) is 0 Å². The highest BCUT2D eigenvalue weighted by atomic mass is 35.5. The summed E-state index contributed by atoms with van der Waals surface area (Å²) in [5, 5.41) is 5.01. The zero-order valence-corrected chi connectivity index (χ0v) is 13.6. The lowest BCUT2D eigenvalue weighted by Gasteiger charge is -2.29. The zero-order chi connectivity index (χ0) is 15.0. The number of nitrogens with zero attached hydrogens (tertiary/aromatic N) is 1. The van der Waals surface area contributed by atoms with Gasteiger partial charge in [-0.2, -0.15) is 4.31 Å². The summed E-state index contributed by atoms with van der Waals surface area (Å²) in [6, 6.07) is 4.85. The standard InChI is InChI=1S/C11H17N3O4S2.ClH/c12-9-3-2-6-14(8-9)20(17,18)11-5-1-4-10(7-11)19(13,15)16;/h1,4-5,7,9H,2-3,6,8,12H2,(H2,13,15,16);1H. The third-order valence-corrected chi connectivity index (χ3v) is 5.96. The summed E-state index contributed by atoms with van der Waals surface area (Å²) >= 11 is 0. The van der Waals surface area contributed by atoms with Crippen molar-refractivity contribution in [3.8, 4) is 0 Å². The van der Waals surface area contributed by atoms with Crippen molar-refractivity contribution in [3.05, 3.63) is 24.3 Å². The first-order chi connectivity index (χ1) is 9.21. The molecule has 1 heterocycles. The Hall–Kier alpha value is -0.710. The smallest absolute Gasteiger partial charge is 0.243 e. The van der Waals surface area contributed by atoms with E-state index in [-0.39, 0.29) is 34.8 Å². The fraction of sp³-hybridized carbons (Fsp3) is 0.455. The van der Waals surface area contributed by atoms with E-state index in [0.717, 1.165) is 12.5 Å². The molecule has 0 aliphatic carbocycles. The van der Waals surface area contributed by atoms with Crippen molar-refractivity contribution in [1.82, 2.24) is 4.31 Å². The third-order valence-electron chi connectivity index (χ3n) is 3.19. The number of rotatable bonds is 3. The largest absolute Gasteiger partial charge is 0.327 e. The van der Waals surface area contributed by atoms with Crippen LogP contribution in [0.5, 0.6) is 0 Å². The fourth-order valence-electron chi connectivity index (χ4n) is 2.15. The number of hydrogen-bond acceptors (Lipinski definition) is 5. The van der Waals surface area contributed by atoms with Gasteiger partial charge in [0, 0.05) is 19.1 Å².